The minimum absolute atomic E-state index is 0.0339. The van der Waals surface area contributed by atoms with Gasteiger partial charge in [-0.25, -0.2) is 18.7 Å². The average Bonchev–Trinajstić information content (AvgIpc) is 3.59. The maximum atomic E-state index is 14.1. The molecule has 10 heteroatoms. The van der Waals surface area contributed by atoms with Gasteiger partial charge in [-0.05, 0) is 48.9 Å². The fourth-order valence-corrected chi connectivity index (χ4v) is 5.06. The molecule has 2 N–H and O–H groups in total. The van der Waals surface area contributed by atoms with Gasteiger partial charge in [0.15, 0.2) is 5.82 Å². The van der Waals surface area contributed by atoms with Gasteiger partial charge in [0.1, 0.15) is 18.0 Å². The molecular weight excluding hydrogens is 482 g/mol. The van der Waals surface area contributed by atoms with E-state index in [4.69, 9.17) is 0 Å². The smallest absolute Gasteiger partial charge is 0.221 e. The monoisotopic (exact) mass is 500 g/mol. The molecule has 2 aromatic carbocycles. The molecular formula is C26H18F2N6OS. The second-order valence-corrected chi connectivity index (χ2v) is 9.46. The topological polar surface area (TPSA) is 84.7 Å². The van der Waals surface area contributed by atoms with Crippen LogP contribution in [0.25, 0.3) is 21.1 Å². The second-order valence-electron chi connectivity index (χ2n) is 8.41. The predicted octanol–water partition coefficient (Wildman–Crippen LogP) is 4.74. The number of anilines is 2. The normalized spacial score (nSPS) is 15.2. The molecule has 3 aromatic heterocycles. The van der Waals surface area contributed by atoms with Crippen molar-refractivity contribution in [2.75, 3.05) is 5.32 Å². The summed E-state index contributed by atoms with van der Waals surface area (Å²) in [6.45, 7) is 0.121. The van der Waals surface area contributed by atoms with Crippen molar-refractivity contribution < 1.29 is 13.6 Å². The first-order valence-corrected chi connectivity index (χ1v) is 12.1. The van der Waals surface area contributed by atoms with Gasteiger partial charge in [-0.3, -0.25) is 9.48 Å². The number of carbonyl (C=O) groups is 1. The van der Waals surface area contributed by atoms with Crippen LogP contribution in [-0.4, -0.2) is 31.7 Å². The molecule has 178 valence electrons. The summed E-state index contributed by atoms with van der Waals surface area (Å²) in [5.41, 5.74) is 2.61. The Kier molecular flexibility index (Phi) is 5.54. The molecule has 0 spiro atoms. The standard InChI is InChI=1S/C26H18F2N6OS/c27-17-1-6-21(28)16(9-17)13-34-23-7-3-19(10-15(23)12-31-34)33-26-25-22(29-14-30-26)11-20(36-25)5-2-18-4-8-24(35)32-18/h1,3,6-7,9-12,14,18H,4,8,13H2,(H,32,35)(H,29,30,33)/t18-/m0/s1. The van der Waals surface area contributed by atoms with Gasteiger partial charge in [-0.1, -0.05) is 11.8 Å². The highest BCUT2D eigenvalue weighted by atomic mass is 32.1. The number of carbonyl (C=O) groups excluding carboxylic acids is 1. The molecule has 1 saturated heterocycles. The molecule has 4 heterocycles. The largest absolute Gasteiger partial charge is 0.342 e. The molecule has 0 bridgehead atoms. The summed E-state index contributed by atoms with van der Waals surface area (Å²) in [6.07, 6.45) is 4.42. The molecule has 5 aromatic rings. The maximum absolute atomic E-state index is 14.1. The van der Waals surface area contributed by atoms with Gasteiger partial charge in [0.05, 0.1) is 39.4 Å². The first kappa shape index (κ1) is 22.1. The number of nitrogens with zero attached hydrogens (tertiary/aromatic N) is 4. The molecule has 0 aliphatic carbocycles. The van der Waals surface area contributed by atoms with E-state index in [9.17, 15) is 13.6 Å². The van der Waals surface area contributed by atoms with Crippen molar-refractivity contribution in [1.82, 2.24) is 25.1 Å². The van der Waals surface area contributed by atoms with E-state index < -0.39 is 11.6 Å². The van der Waals surface area contributed by atoms with Crippen molar-refractivity contribution in [3.05, 3.63) is 77.1 Å². The molecule has 1 fully saturated rings. The molecule has 7 nitrogen and oxygen atoms in total. The zero-order chi connectivity index (χ0) is 24.6. The van der Waals surface area contributed by atoms with Crippen molar-refractivity contribution in [3.8, 4) is 11.8 Å². The van der Waals surface area contributed by atoms with Crippen LogP contribution in [0.1, 0.15) is 23.3 Å². The highest BCUT2D eigenvalue weighted by Gasteiger charge is 2.18. The quantitative estimate of drug-likeness (QED) is 0.348. The van der Waals surface area contributed by atoms with Crippen LogP contribution in [0.5, 0.6) is 0 Å². The van der Waals surface area contributed by atoms with Crippen LogP contribution in [0.2, 0.25) is 0 Å². The molecule has 1 atom stereocenters. The van der Waals surface area contributed by atoms with Crippen LogP contribution in [0.4, 0.5) is 20.3 Å². The number of halogens is 2. The lowest BCUT2D eigenvalue weighted by Crippen LogP contribution is -2.23. The minimum atomic E-state index is -0.487. The highest BCUT2D eigenvalue weighted by molar-refractivity contribution is 7.20. The van der Waals surface area contributed by atoms with E-state index in [0.717, 1.165) is 50.2 Å². The van der Waals surface area contributed by atoms with Crippen LogP contribution in [0, 0.1) is 23.5 Å². The van der Waals surface area contributed by atoms with Crippen molar-refractivity contribution in [2.24, 2.45) is 0 Å². The lowest BCUT2D eigenvalue weighted by molar-refractivity contribution is -0.119. The Hall–Kier alpha value is -4.36. The van der Waals surface area contributed by atoms with Gasteiger partial charge in [0.2, 0.25) is 5.91 Å². The summed E-state index contributed by atoms with van der Waals surface area (Å²) < 4.78 is 30.1. The van der Waals surface area contributed by atoms with Crippen LogP contribution < -0.4 is 10.6 Å². The lowest BCUT2D eigenvalue weighted by atomic mass is 10.2. The Labute approximate surface area is 208 Å². The molecule has 0 radical (unpaired) electrons. The number of aromatic nitrogens is 4. The Bertz CT molecular complexity index is 1700. The fraction of sp³-hybridized carbons (Fsp3) is 0.154. The van der Waals surface area contributed by atoms with Crippen molar-refractivity contribution in [3.63, 3.8) is 0 Å². The number of fused-ring (bicyclic) bond motifs is 2. The first-order chi connectivity index (χ1) is 17.5. The van der Waals surface area contributed by atoms with Gasteiger partial charge >= 0.3 is 0 Å². The zero-order valence-electron chi connectivity index (χ0n) is 18.8. The third-order valence-electron chi connectivity index (χ3n) is 5.91. The SMILES string of the molecule is O=C1CC[C@H](C#Cc2cc3ncnc(Nc4ccc5c(cnn5Cc5cc(F)ccc5F)c4)c3s2)N1. The third kappa shape index (κ3) is 4.36. The predicted molar refractivity (Wildman–Crippen MR) is 134 cm³/mol. The van der Waals surface area contributed by atoms with Gasteiger partial charge in [-0.2, -0.15) is 5.10 Å². The Morgan fingerprint density at radius 2 is 2.08 bits per heavy atom. The number of amides is 1. The minimum Gasteiger partial charge on any atom is -0.342 e. The van der Waals surface area contributed by atoms with Crippen LogP contribution >= 0.6 is 11.3 Å². The van der Waals surface area contributed by atoms with Crippen LogP contribution in [0.15, 0.2) is 55.0 Å². The molecule has 1 amide bonds. The summed E-state index contributed by atoms with van der Waals surface area (Å²) in [7, 11) is 0. The second kappa shape index (κ2) is 9.02. The van der Waals surface area contributed by atoms with Crippen LogP contribution in [0.3, 0.4) is 0 Å². The maximum Gasteiger partial charge on any atom is 0.221 e. The number of hydrogen-bond donors (Lipinski definition) is 2. The summed E-state index contributed by atoms with van der Waals surface area (Å²) in [5.74, 6) is 5.98. The molecule has 1 aliphatic rings. The molecule has 0 unspecified atom stereocenters. The summed E-state index contributed by atoms with van der Waals surface area (Å²) in [6, 6.07) is 10.9. The lowest BCUT2D eigenvalue weighted by Gasteiger charge is -2.08. The van der Waals surface area contributed by atoms with E-state index in [-0.39, 0.29) is 24.1 Å². The number of rotatable bonds is 4. The van der Waals surface area contributed by atoms with E-state index >= 15 is 0 Å². The van der Waals surface area contributed by atoms with E-state index in [1.807, 2.05) is 24.3 Å². The van der Waals surface area contributed by atoms with Gasteiger partial charge in [0.25, 0.3) is 0 Å². The third-order valence-corrected chi connectivity index (χ3v) is 6.95. The van der Waals surface area contributed by atoms with Gasteiger partial charge in [0, 0.05) is 23.1 Å². The number of thiophene rings is 1. The average molecular weight is 501 g/mol. The van der Waals surface area contributed by atoms with Crippen molar-refractivity contribution in [1.29, 1.82) is 0 Å². The van der Waals surface area contributed by atoms with Gasteiger partial charge in [-0.15, -0.1) is 11.3 Å². The number of hydrogen-bond acceptors (Lipinski definition) is 6. The summed E-state index contributed by atoms with van der Waals surface area (Å²) in [4.78, 5) is 21.0. The highest BCUT2D eigenvalue weighted by Crippen LogP contribution is 2.31. The molecule has 0 saturated carbocycles. The Morgan fingerprint density at radius 1 is 1.17 bits per heavy atom. The summed E-state index contributed by atoms with van der Waals surface area (Å²) >= 11 is 1.48. The Morgan fingerprint density at radius 3 is 2.94 bits per heavy atom. The van der Waals surface area contributed by atoms with E-state index in [1.54, 1.807) is 10.9 Å². The molecule has 6 rings (SSSR count). The van der Waals surface area contributed by atoms with Crippen molar-refractivity contribution >= 4 is 49.9 Å². The Balaban J connectivity index is 1.25. The summed E-state index contributed by atoms with van der Waals surface area (Å²) in [5, 5.41) is 11.4. The molecule has 1 aliphatic heterocycles. The fourth-order valence-electron chi connectivity index (χ4n) is 4.14. The number of nitrogens with one attached hydrogen (secondary N) is 2. The van der Waals surface area contributed by atoms with E-state index in [1.165, 1.54) is 23.7 Å². The van der Waals surface area contributed by atoms with Crippen molar-refractivity contribution in [2.45, 2.75) is 25.4 Å². The zero-order valence-corrected chi connectivity index (χ0v) is 19.6. The molecule has 36 heavy (non-hydrogen) atoms. The van der Waals surface area contributed by atoms with Crippen LogP contribution in [-0.2, 0) is 11.3 Å². The van der Waals surface area contributed by atoms with E-state index in [0.29, 0.717) is 12.2 Å². The van der Waals surface area contributed by atoms with E-state index in [2.05, 4.69) is 37.5 Å². The number of benzene rings is 2. The van der Waals surface area contributed by atoms with Gasteiger partial charge < -0.3 is 10.6 Å². The first-order valence-electron chi connectivity index (χ1n) is 11.2.